The number of unbranched alkanes of at least 4 members (excludes halogenated alkanes) is 1. The molecular weight excluding hydrogens is 376 g/mol. The van der Waals surface area contributed by atoms with Crippen molar-refractivity contribution in [1.82, 2.24) is 19.4 Å². The Hall–Kier alpha value is -3.28. The number of aryl methyl sites for hydroxylation is 1. The van der Waals surface area contributed by atoms with Gasteiger partial charge in [-0.2, -0.15) is 0 Å². The highest BCUT2D eigenvalue weighted by Crippen LogP contribution is 2.17. The fourth-order valence-electron chi connectivity index (χ4n) is 3.22. The van der Waals surface area contributed by atoms with Crippen LogP contribution >= 0.6 is 0 Å². The average Bonchev–Trinajstić information content (AvgIpc) is 2.76. The van der Waals surface area contributed by atoms with Crippen LogP contribution in [-0.4, -0.2) is 38.9 Å². The van der Waals surface area contributed by atoms with Crippen LogP contribution < -0.4 is 5.56 Å². The van der Waals surface area contributed by atoms with Gasteiger partial charge in [0, 0.05) is 38.3 Å². The molecule has 0 atom stereocenters. The van der Waals surface area contributed by atoms with Gasteiger partial charge in [0.1, 0.15) is 6.33 Å². The molecule has 6 nitrogen and oxygen atoms in total. The Balaban J connectivity index is 1.60. The van der Waals surface area contributed by atoms with E-state index in [1.807, 2.05) is 30.5 Å². The first-order chi connectivity index (χ1) is 14.5. The number of amides is 1. The Labute approximate surface area is 176 Å². The third kappa shape index (κ3) is 5.41. The minimum Gasteiger partial charge on any atom is -0.342 e. The normalized spacial score (nSPS) is 11.5. The maximum atomic E-state index is 12.8. The monoisotopic (exact) mass is 404 g/mol. The summed E-state index contributed by atoms with van der Waals surface area (Å²) in [5, 5.41) is 0.560. The fraction of sp³-hybridized carbons (Fsp3) is 0.333. The van der Waals surface area contributed by atoms with Gasteiger partial charge in [0.15, 0.2) is 0 Å². The number of aromatic nitrogens is 3. The van der Waals surface area contributed by atoms with E-state index < -0.39 is 0 Å². The summed E-state index contributed by atoms with van der Waals surface area (Å²) in [6.45, 7) is 4.83. The van der Waals surface area contributed by atoms with Gasteiger partial charge in [-0.1, -0.05) is 26.0 Å². The van der Waals surface area contributed by atoms with E-state index in [9.17, 15) is 9.59 Å². The lowest BCUT2D eigenvalue weighted by molar-refractivity contribution is -0.124. The van der Waals surface area contributed by atoms with Crippen LogP contribution in [0.2, 0.25) is 0 Å². The maximum Gasteiger partial charge on any atom is 0.265 e. The Morgan fingerprint density at radius 3 is 2.80 bits per heavy atom. The predicted octanol–water partition coefficient (Wildman–Crippen LogP) is 3.87. The molecule has 0 aliphatic carbocycles. The lowest BCUT2D eigenvalue weighted by Gasteiger charge is -2.14. The van der Waals surface area contributed by atoms with Crippen LogP contribution in [0.25, 0.3) is 17.1 Å². The number of hydrogen-bond acceptors (Lipinski definition) is 4. The van der Waals surface area contributed by atoms with Gasteiger partial charge >= 0.3 is 0 Å². The van der Waals surface area contributed by atoms with Crippen molar-refractivity contribution in [3.63, 3.8) is 0 Å². The van der Waals surface area contributed by atoms with Crippen molar-refractivity contribution < 1.29 is 4.79 Å². The molecule has 0 bridgehead atoms. The molecule has 2 aromatic heterocycles. The zero-order valence-electron chi connectivity index (χ0n) is 17.8. The first-order valence-corrected chi connectivity index (χ1v) is 10.3. The number of benzene rings is 1. The van der Waals surface area contributed by atoms with E-state index in [1.165, 1.54) is 28.7 Å². The first kappa shape index (κ1) is 21.4. The molecule has 2 heterocycles. The summed E-state index contributed by atoms with van der Waals surface area (Å²) in [4.78, 5) is 35.3. The molecule has 0 aliphatic rings. The largest absolute Gasteiger partial charge is 0.342 e. The Morgan fingerprint density at radius 2 is 2.07 bits per heavy atom. The number of carbonyl (C=O) groups is 1. The third-order valence-corrected chi connectivity index (χ3v) is 5.16. The maximum absolute atomic E-state index is 12.8. The van der Waals surface area contributed by atoms with Gasteiger partial charge in [0.25, 0.3) is 5.56 Å². The first-order valence-electron chi connectivity index (χ1n) is 10.3. The predicted molar refractivity (Wildman–Crippen MR) is 120 cm³/mol. The summed E-state index contributed by atoms with van der Waals surface area (Å²) >= 11 is 0. The fourth-order valence-corrected chi connectivity index (χ4v) is 3.22. The number of rotatable bonds is 8. The standard InChI is InChI=1S/C24H28N4O2/c1-18(2)20-9-10-22-21(15-20)24(30)28(17-26-22)14-11-23(29)27(3)13-5-4-7-19-8-6-12-25-16-19/h6,8-12,14-18H,4-5,7,13H2,1-3H3. The zero-order chi connectivity index (χ0) is 21.5. The SMILES string of the molecule is CC(C)c1ccc2ncn(C=CC(=O)N(C)CCCCc3cccnc3)c(=O)c2c1. The lowest BCUT2D eigenvalue weighted by atomic mass is 10.0. The molecule has 0 saturated heterocycles. The summed E-state index contributed by atoms with van der Waals surface area (Å²) in [6, 6.07) is 9.74. The van der Waals surface area contributed by atoms with Crippen molar-refractivity contribution in [3.05, 3.63) is 76.6 Å². The van der Waals surface area contributed by atoms with Crippen LogP contribution in [0.5, 0.6) is 0 Å². The molecule has 0 fully saturated rings. The number of likely N-dealkylation sites (N-methyl/N-ethyl adjacent to an activating group) is 1. The van der Waals surface area contributed by atoms with Crippen molar-refractivity contribution in [2.75, 3.05) is 13.6 Å². The van der Waals surface area contributed by atoms with Crippen LogP contribution in [0.3, 0.4) is 0 Å². The van der Waals surface area contributed by atoms with Crippen molar-refractivity contribution in [1.29, 1.82) is 0 Å². The van der Waals surface area contributed by atoms with E-state index >= 15 is 0 Å². The van der Waals surface area contributed by atoms with Gasteiger partial charge in [-0.3, -0.25) is 19.1 Å². The van der Waals surface area contributed by atoms with Crippen molar-refractivity contribution in [2.24, 2.45) is 0 Å². The highest BCUT2D eigenvalue weighted by molar-refractivity contribution is 5.90. The molecule has 3 rings (SSSR count). The summed E-state index contributed by atoms with van der Waals surface area (Å²) < 4.78 is 1.36. The molecule has 1 amide bonds. The van der Waals surface area contributed by atoms with Crippen molar-refractivity contribution in [3.8, 4) is 0 Å². The quantitative estimate of drug-likeness (QED) is 0.422. The third-order valence-electron chi connectivity index (χ3n) is 5.16. The zero-order valence-corrected chi connectivity index (χ0v) is 17.8. The molecule has 6 heteroatoms. The van der Waals surface area contributed by atoms with Gasteiger partial charge in [0.2, 0.25) is 5.91 Å². The van der Waals surface area contributed by atoms with E-state index in [2.05, 4.69) is 29.9 Å². The van der Waals surface area contributed by atoms with E-state index in [4.69, 9.17) is 0 Å². The highest BCUT2D eigenvalue weighted by atomic mass is 16.2. The molecule has 156 valence electrons. The topological polar surface area (TPSA) is 68.1 Å². The molecule has 0 spiro atoms. The summed E-state index contributed by atoms with van der Waals surface area (Å²) in [5.74, 6) is 0.186. The smallest absolute Gasteiger partial charge is 0.265 e. The van der Waals surface area contributed by atoms with Gasteiger partial charge in [0.05, 0.1) is 10.9 Å². The number of pyridine rings is 1. The summed E-state index contributed by atoms with van der Waals surface area (Å²) in [6.07, 6.45) is 10.8. The Morgan fingerprint density at radius 1 is 1.23 bits per heavy atom. The molecule has 0 radical (unpaired) electrons. The average molecular weight is 405 g/mol. The van der Waals surface area contributed by atoms with Crippen LogP contribution in [0.15, 0.2) is 59.9 Å². The molecule has 1 aromatic carbocycles. The van der Waals surface area contributed by atoms with Gasteiger partial charge < -0.3 is 4.90 Å². The van der Waals surface area contributed by atoms with E-state index in [1.54, 1.807) is 18.1 Å². The minimum absolute atomic E-state index is 0.140. The van der Waals surface area contributed by atoms with Gasteiger partial charge in [-0.25, -0.2) is 4.98 Å². The molecule has 30 heavy (non-hydrogen) atoms. The minimum atomic E-state index is -0.175. The van der Waals surface area contributed by atoms with Crippen molar-refractivity contribution in [2.45, 2.75) is 39.0 Å². The summed E-state index contributed by atoms with van der Waals surface area (Å²) in [5.41, 5.74) is 2.78. The van der Waals surface area contributed by atoms with E-state index in [0.717, 1.165) is 24.8 Å². The van der Waals surface area contributed by atoms with Crippen LogP contribution in [-0.2, 0) is 11.2 Å². The highest BCUT2D eigenvalue weighted by Gasteiger charge is 2.08. The molecule has 3 aromatic rings. The Kier molecular flexibility index (Phi) is 7.12. The number of carbonyl (C=O) groups excluding carboxylic acids is 1. The molecule has 0 aliphatic heterocycles. The number of nitrogens with zero attached hydrogens (tertiary/aromatic N) is 4. The molecule has 0 saturated carbocycles. The molecule has 0 N–H and O–H groups in total. The van der Waals surface area contributed by atoms with E-state index in [-0.39, 0.29) is 11.5 Å². The van der Waals surface area contributed by atoms with Gasteiger partial charge in [-0.05, 0) is 54.5 Å². The Bertz CT molecular complexity index is 1090. The van der Waals surface area contributed by atoms with Crippen LogP contribution in [0.1, 0.15) is 43.7 Å². The molecule has 0 unspecified atom stereocenters. The summed E-state index contributed by atoms with van der Waals surface area (Å²) in [7, 11) is 1.77. The second-order valence-electron chi connectivity index (χ2n) is 7.78. The second-order valence-corrected chi connectivity index (χ2v) is 7.78. The second kappa shape index (κ2) is 9.96. The van der Waals surface area contributed by atoms with Crippen LogP contribution in [0.4, 0.5) is 0 Å². The lowest BCUT2D eigenvalue weighted by Crippen LogP contribution is -2.26. The number of fused-ring (bicyclic) bond motifs is 1. The van der Waals surface area contributed by atoms with Crippen molar-refractivity contribution >= 4 is 23.0 Å². The van der Waals surface area contributed by atoms with Gasteiger partial charge in [-0.15, -0.1) is 0 Å². The number of hydrogen-bond donors (Lipinski definition) is 0. The molecular formula is C24H28N4O2. The van der Waals surface area contributed by atoms with E-state index in [0.29, 0.717) is 23.4 Å². The van der Waals surface area contributed by atoms with Crippen LogP contribution in [0, 0.1) is 0 Å².